The van der Waals surface area contributed by atoms with E-state index in [2.05, 4.69) is 13.5 Å². The van der Waals surface area contributed by atoms with E-state index in [0.29, 0.717) is 31.3 Å². The van der Waals surface area contributed by atoms with E-state index in [9.17, 15) is 46.8 Å². The van der Waals surface area contributed by atoms with Gasteiger partial charge >= 0.3 is 12.4 Å². The molecule has 0 aromatic rings. The van der Waals surface area contributed by atoms with E-state index in [1.54, 1.807) is 13.8 Å². The molecule has 4 N–H and O–H groups in total. The maximum absolute atomic E-state index is 13.4. The van der Waals surface area contributed by atoms with Gasteiger partial charge in [0.05, 0.1) is 17.8 Å². The molecule has 3 aliphatic carbocycles. The summed E-state index contributed by atoms with van der Waals surface area (Å²) in [5.74, 6) is 0.139. The van der Waals surface area contributed by atoms with Gasteiger partial charge in [-0.15, -0.1) is 0 Å². The molecule has 3 fully saturated rings. The van der Waals surface area contributed by atoms with Gasteiger partial charge in [0, 0.05) is 6.42 Å². The third-order valence-electron chi connectivity index (χ3n) is 10.4. The minimum Gasteiger partial charge on any atom is -0.393 e. The maximum atomic E-state index is 13.4. The first-order valence-corrected chi connectivity index (χ1v) is 15.2. The lowest BCUT2D eigenvalue weighted by Gasteiger charge is -2.49. The van der Waals surface area contributed by atoms with Crippen LogP contribution in [0, 0.1) is 22.7 Å². The van der Waals surface area contributed by atoms with E-state index in [-0.39, 0.29) is 36.2 Å². The molecular weight excluding hydrogens is 574 g/mol. The van der Waals surface area contributed by atoms with Gasteiger partial charge in [0.1, 0.15) is 0 Å². The highest BCUT2D eigenvalue weighted by atomic mass is 19.4. The van der Waals surface area contributed by atoms with Gasteiger partial charge in [0.25, 0.3) is 5.60 Å². The summed E-state index contributed by atoms with van der Waals surface area (Å²) in [6.45, 7) is 11.4. The summed E-state index contributed by atoms with van der Waals surface area (Å²) in [6, 6.07) is 0. The van der Waals surface area contributed by atoms with Crippen molar-refractivity contribution in [3.8, 4) is 0 Å². The summed E-state index contributed by atoms with van der Waals surface area (Å²) in [5.41, 5.74) is -4.25. The number of allylic oxidation sites excluding steroid dienone is 4. The second-order valence-corrected chi connectivity index (χ2v) is 14.3. The quantitative estimate of drug-likeness (QED) is 0.156. The fourth-order valence-corrected chi connectivity index (χ4v) is 8.04. The summed E-state index contributed by atoms with van der Waals surface area (Å²) in [6.07, 6.45) is -2.44. The van der Waals surface area contributed by atoms with E-state index in [4.69, 9.17) is 0 Å². The van der Waals surface area contributed by atoms with Gasteiger partial charge in [-0.05, 0) is 112 Å². The summed E-state index contributed by atoms with van der Waals surface area (Å²) < 4.78 is 80.2. The number of fused-ring (bicyclic) bond motifs is 1. The standard InChI is InChI=1S/C33H48F6O4/c1-21-23(19-24(40)20-26(21)41)11-10-22-9-6-17-30(5)25(22)12-13-27(30)29(4,15-7-14-28(2,3)42)16-8-18-31(43,32(34,35)36)33(37,38)39/h8,10-11,18,24-27,40-43H,1,6-7,9,12-17,19-20H2,2-5H3/b18-8-,22-10+,23-11-/t24-,25?,26+,27-,29-,30+/m1/s1. The minimum atomic E-state index is -5.92. The Bertz CT molecular complexity index is 1080. The van der Waals surface area contributed by atoms with Gasteiger partial charge in [-0.2, -0.15) is 26.3 Å². The molecule has 6 atom stereocenters. The molecule has 246 valence electrons. The smallest absolute Gasteiger partial charge is 0.393 e. The molecular formula is C33H48F6O4. The number of hydrogen-bond donors (Lipinski definition) is 4. The molecule has 1 unspecified atom stereocenters. The van der Waals surface area contributed by atoms with Gasteiger partial charge in [-0.3, -0.25) is 0 Å². The molecule has 0 aromatic carbocycles. The molecule has 10 heteroatoms. The van der Waals surface area contributed by atoms with E-state index < -0.39 is 41.2 Å². The lowest BCUT2D eigenvalue weighted by Crippen LogP contribution is -2.55. The summed E-state index contributed by atoms with van der Waals surface area (Å²) >= 11 is 0. The number of rotatable bonds is 9. The number of aliphatic hydroxyl groups excluding tert-OH is 2. The molecule has 0 spiro atoms. The van der Waals surface area contributed by atoms with Crippen LogP contribution in [0.4, 0.5) is 26.3 Å². The highest BCUT2D eigenvalue weighted by molar-refractivity contribution is 5.38. The predicted octanol–water partition coefficient (Wildman–Crippen LogP) is 7.88. The van der Waals surface area contributed by atoms with Crippen molar-refractivity contribution in [2.45, 2.75) is 134 Å². The van der Waals surface area contributed by atoms with E-state index in [0.717, 1.165) is 43.8 Å². The molecule has 0 aliphatic heterocycles. The third kappa shape index (κ3) is 7.79. The largest absolute Gasteiger partial charge is 0.429 e. The second kappa shape index (κ2) is 12.6. The van der Waals surface area contributed by atoms with Crippen LogP contribution in [-0.2, 0) is 0 Å². The summed E-state index contributed by atoms with van der Waals surface area (Å²) in [4.78, 5) is 0. The zero-order valence-electron chi connectivity index (χ0n) is 25.7. The Hall–Kier alpha value is -1.62. The first kappa shape index (κ1) is 35.9. The molecule has 0 saturated heterocycles. The predicted molar refractivity (Wildman–Crippen MR) is 154 cm³/mol. The highest BCUT2D eigenvalue weighted by Crippen LogP contribution is 2.64. The minimum absolute atomic E-state index is 0.0223. The first-order chi connectivity index (χ1) is 19.5. The molecule has 0 aromatic heterocycles. The molecule has 0 amide bonds. The van der Waals surface area contributed by atoms with E-state index in [1.807, 2.05) is 19.1 Å². The molecule has 43 heavy (non-hydrogen) atoms. The number of alkyl halides is 6. The molecule has 3 rings (SSSR count). The van der Waals surface area contributed by atoms with Crippen molar-refractivity contribution in [2.75, 3.05) is 0 Å². The zero-order chi connectivity index (χ0) is 32.6. The second-order valence-electron chi connectivity index (χ2n) is 14.3. The van der Waals surface area contributed by atoms with Crippen molar-refractivity contribution < 1.29 is 46.8 Å². The Morgan fingerprint density at radius 3 is 2.16 bits per heavy atom. The van der Waals surface area contributed by atoms with E-state index >= 15 is 0 Å². The topological polar surface area (TPSA) is 80.9 Å². The first-order valence-electron chi connectivity index (χ1n) is 15.2. The van der Waals surface area contributed by atoms with Crippen LogP contribution in [0.5, 0.6) is 0 Å². The molecule has 3 aliphatic rings. The van der Waals surface area contributed by atoms with Gasteiger partial charge in [0.15, 0.2) is 0 Å². The van der Waals surface area contributed by atoms with Crippen LogP contribution >= 0.6 is 0 Å². The van der Waals surface area contributed by atoms with Crippen LogP contribution in [0.25, 0.3) is 0 Å². The monoisotopic (exact) mass is 622 g/mol. The lowest BCUT2D eigenvalue weighted by molar-refractivity contribution is -0.347. The van der Waals surface area contributed by atoms with Crippen molar-refractivity contribution in [2.24, 2.45) is 22.7 Å². The van der Waals surface area contributed by atoms with E-state index in [1.165, 1.54) is 5.57 Å². The molecule has 4 nitrogen and oxygen atoms in total. The Labute approximate surface area is 251 Å². The lowest BCUT2D eigenvalue weighted by atomic mass is 9.55. The van der Waals surface area contributed by atoms with Gasteiger partial charge < -0.3 is 20.4 Å². The van der Waals surface area contributed by atoms with Gasteiger partial charge in [-0.1, -0.05) is 50.6 Å². The van der Waals surface area contributed by atoms with Crippen molar-refractivity contribution in [3.63, 3.8) is 0 Å². The van der Waals surface area contributed by atoms with Crippen LogP contribution in [0.1, 0.15) is 98.3 Å². The van der Waals surface area contributed by atoms with Crippen molar-refractivity contribution in [1.82, 2.24) is 0 Å². The SMILES string of the molecule is C=C1/C(=C\C=C2/CCC[C@@]3(C)C2CC[C@@H]3[C@@](C)(C/C=C\C(O)(C(F)(F)F)C(F)(F)F)CCCC(C)(C)O)C[C@@H](O)C[C@@H]1O. The molecule has 0 radical (unpaired) electrons. The Morgan fingerprint density at radius 2 is 1.58 bits per heavy atom. The Kier molecular flexibility index (Phi) is 10.5. The fraction of sp³-hybridized carbons (Fsp3) is 0.758. The van der Waals surface area contributed by atoms with Crippen LogP contribution < -0.4 is 0 Å². The van der Waals surface area contributed by atoms with Crippen molar-refractivity contribution in [1.29, 1.82) is 0 Å². The van der Waals surface area contributed by atoms with Crippen LogP contribution in [0.15, 0.2) is 47.6 Å². The Balaban J connectivity index is 1.93. The summed E-state index contributed by atoms with van der Waals surface area (Å²) in [5, 5.41) is 40.3. The van der Waals surface area contributed by atoms with Crippen LogP contribution in [0.2, 0.25) is 0 Å². The van der Waals surface area contributed by atoms with Crippen molar-refractivity contribution in [3.05, 3.63) is 47.6 Å². The number of halogens is 6. The molecule has 3 saturated carbocycles. The average Bonchev–Trinajstić information content (AvgIpc) is 3.21. The summed E-state index contributed by atoms with van der Waals surface area (Å²) in [7, 11) is 0. The van der Waals surface area contributed by atoms with Gasteiger partial charge in [-0.25, -0.2) is 0 Å². The fourth-order valence-electron chi connectivity index (χ4n) is 8.04. The molecule has 0 heterocycles. The average molecular weight is 623 g/mol. The zero-order valence-corrected chi connectivity index (χ0v) is 25.7. The third-order valence-corrected chi connectivity index (χ3v) is 10.4. The molecule has 0 bridgehead atoms. The highest BCUT2D eigenvalue weighted by Gasteiger charge is 2.69. The number of aliphatic hydroxyl groups is 4. The number of hydrogen-bond acceptors (Lipinski definition) is 4. The Morgan fingerprint density at radius 1 is 0.953 bits per heavy atom. The van der Waals surface area contributed by atoms with Gasteiger partial charge in [0.2, 0.25) is 0 Å². The van der Waals surface area contributed by atoms with Crippen LogP contribution in [0.3, 0.4) is 0 Å². The van der Waals surface area contributed by atoms with Crippen LogP contribution in [-0.4, -0.2) is 56.2 Å². The maximum Gasteiger partial charge on any atom is 0.429 e. The normalized spacial score (nSPS) is 32.9. The van der Waals surface area contributed by atoms with Crippen molar-refractivity contribution >= 4 is 0 Å².